The molecule has 1 saturated carbocycles. The van der Waals surface area contributed by atoms with Crippen molar-refractivity contribution in [2.24, 2.45) is 10.7 Å². The smallest absolute Gasteiger partial charge is 0.237 e. The molecule has 4 nitrogen and oxygen atoms in total. The van der Waals surface area contributed by atoms with E-state index < -0.39 is 0 Å². The third-order valence-corrected chi connectivity index (χ3v) is 3.91. The lowest BCUT2D eigenvalue weighted by Crippen LogP contribution is -2.05. The number of allylic oxidation sites excluding steroid dienone is 1. The Bertz CT molecular complexity index is 630. The topological polar surface area (TPSA) is 52.0 Å². The van der Waals surface area contributed by atoms with E-state index in [9.17, 15) is 0 Å². The first kappa shape index (κ1) is 15.1. The van der Waals surface area contributed by atoms with Gasteiger partial charge in [0.2, 0.25) is 5.69 Å². The highest BCUT2D eigenvalue weighted by Crippen LogP contribution is 2.40. The molecule has 1 fully saturated rings. The summed E-state index contributed by atoms with van der Waals surface area (Å²) < 4.78 is 6.53. The lowest BCUT2D eigenvalue weighted by molar-refractivity contribution is 0.305. The lowest BCUT2D eigenvalue weighted by atomic mass is 10.1. The van der Waals surface area contributed by atoms with Crippen LogP contribution >= 0.6 is 34.2 Å². The molecule has 0 aliphatic heterocycles. The molecule has 2 N–H and O–H groups in total. The zero-order valence-corrected chi connectivity index (χ0v) is 13.8. The van der Waals surface area contributed by atoms with Gasteiger partial charge in [-0.25, -0.2) is 4.85 Å². The minimum atomic E-state index is 0.202. The molecule has 1 aromatic rings. The molecular formula is C14H13ClIN3O. The number of aliphatic imine (C=N–C) groups is 1. The molecule has 0 saturated heterocycles. The van der Waals surface area contributed by atoms with Crippen LogP contribution in [0.5, 0.6) is 5.75 Å². The second kappa shape index (κ2) is 6.46. The average molecular weight is 402 g/mol. The van der Waals surface area contributed by atoms with Crippen molar-refractivity contribution >= 4 is 45.6 Å². The molecule has 20 heavy (non-hydrogen) atoms. The molecule has 0 heterocycles. The molecule has 0 unspecified atom stereocenters. The van der Waals surface area contributed by atoms with E-state index in [1.54, 1.807) is 19.2 Å². The molecular weight excluding hydrogens is 389 g/mol. The number of hydrogen-bond acceptors (Lipinski definition) is 3. The molecule has 0 radical (unpaired) electrons. The van der Waals surface area contributed by atoms with Crippen LogP contribution < -0.4 is 10.5 Å². The Morgan fingerprint density at radius 1 is 1.60 bits per heavy atom. The zero-order chi connectivity index (χ0) is 14.7. The van der Waals surface area contributed by atoms with Crippen LogP contribution in [0.1, 0.15) is 18.4 Å². The van der Waals surface area contributed by atoms with E-state index in [1.807, 2.05) is 0 Å². The number of halogens is 2. The summed E-state index contributed by atoms with van der Waals surface area (Å²) in [6, 6.07) is 3.40. The predicted octanol–water partition coefficient (Wildman–Crippen LogP) is 4.09. The summed E-state index contributed by atoms with van der Waals surface area (Å²) in [7, 11) is 1.66. The van der Waals surface area contributed by atoms with Crippen LogP contribution in [0.3, 0.4) is 0 Å². The van der Waals surface area contributed by atoms with Crippen LogP contribution in [-0.4, -0.2) is 18.9 Å². The number of ether oxygens (including phenoxy) is 1. The number of nitrogens with two attached hydrogens (primary N) is 1. The average Bonchev–Trinajstić information content (AvgIpc) is 3.23. The first-order valence-electron chi connectivity index (χ1n) is 6.03. The first-order chi connectivity index (χ1) is 9.60. The quantitative estimate of drug-likeness (QED) is 0.469. The van der Waals surface area contributed by atoms with Crippen molar-refractivity contribution in [3.8, 4) is 5.75 Å². The van der Waals surface area contributed by atoms with Crippen molar-refractivity contribution in [2.75, 3.05) is 7.05 Å². The fraction of sp³-hybridized carbons (Fsp3) is 0.286. The molecule has 1 aliphatic rings. The Morgan fingerprint density at radius 2 is 2.30 bits per heavy atom. The standard InChI is InChI=1S/C14H13ClIN3O/c1-18-13(11(16)7-17)10-5-8(15)6-12(14(10)19-2)20-9-3-4-9/h5-7,9H,3-4,17H2,1H3. The van der Waals surface area contributed by atoms with Gasteiger partial charge in [0.15, 0.2) is 0 Å². The Morgan fingerprint density at radius 3 is 2.80 bits per heavy atom. The van der Waals surface area contributed by atoms with Crippen LogP contribution in [-0.2, 0) is 0 Å². The van der Waals surface area contributed by atoms with E-state index in [4.69, 9.17) is 28.6 Å². The second-order valence-electron chi connectivity index (χ2n) is 4.32. The molecule has 1 aromatic carbocycles. The van der Waals surface area contributed by atoms with E-state index in [1.165, 1.54) is 6.20 Å². The monoisotopic (exact) mass is 401 g/mol. The van der Waals surface area contributed by atoms with Gasteiger partial charge in [0, 0.05) is 23.8 Å². The zero-order valence-electron chi connectivity index (χ0n) is 10.9. The first-order valence-corrected chi connectivity index (χ1v) is 7.49. The van der Waals surface area contributed by atoms with Crippen molar-refractivity contribution in [1.82, 2.24) is 0 Å². The fourth-order valence-electron chi connectivity index (χ4n) is 1.76. The summed E-state index contributed by atoms with van der Waals surface area (Å²) in [4.78, 5) is 7.81. The molecule has 0 atom stereocenters. The Kier molecular flexibility index (Phi) is 4.89. The lowest BCUT2D eigenvalue weighted by Gasteiger charge is -2.13. The second-order valence-corrected chi connectivity index (χ2v) is 5.91. The summed E-state index contributed by atoms with van der Waals surface area (Å²) in [6.45, 7) is 7.42. The van der Waals surface area contributed by atoms with Gasteiger partial charge in [-0.1, -0.05) is 11.6 Å². The molecule has 0 aromatic heterocycles. The SMILES string of the molecule is [C-]#[N+]c1c(OC2CC2)cc(Cl)cc1C(=NC)C(I)=CN. The fourth-order valence-corrected chi connectivity index (χ4v) is 2.50. The van der Waals surface area contributed by atoms with E-state index in [-0.39, 0.29) is 6.10 Å². The largest absolute Gasteiger partial charge is 0.501 e. The van der Waals surface area contributed by atoms with Gasteiger partial charge in [-0.3, -0.25) is 4.99 Å². The Balaban J connectivity index is 2.56. The third kappa shape index (κ3) is 3.25. The minimum Gasteiger partial charge on any atom is -0.501 e. The molecule has 0 spiro atoms. The number of hydrogen-bond donors (Lipinski definition) is 1. The summed E-state index contributed by atoms with van der Waals surface area (Å²) >= 11 is 8.22. The Hall–Kier alpha value is -1.26. The maximum atomic E-state index is 7.42. The van der Waals surface area contributed by atoms with E-state index >= 15 is 0 Å². The van der Waals surface area contributed by atoms with Gasteiger partial charge in [-0.05, 0) is 47.6 Å². The van der Waals surface area contributed by atoms with Gasteiger partial charge >= 0.3 is 0 Å². The van der Waals surface area contributed by atoms with Crippen molar-refractivity contribution < 1.29 is 4.74 Å². The number of benzene rings is 1. The van der Waals surface area contributed by atoms with Crippen LogP contribution in [0.2, 0.25) is 5.02 Å². The molecule has 104 valence electrons. The van der Waals surface area contributed by atoms with Gasteiger partial charge in [0.05, 0.1) is 22.0 Å². The van der Waals surface area contributed by atoms with Crippen molar-refractivity contribution in [3.63, 3.8) is 0 Å². The van der Waals surface area contributed by atoms with E-state index in [0.717, 1.165) is 16.4 Å². The van der Waals surface area contributed by atoms with Gasteiger partial charge in [-0.15, -0.1) is 0 Å². The van der Waals surface area contributed by atoms with Crippen molar-refractivity contribution in [3.05, 3.63) is 43.9 Å². The minimum absolute atomic E-state index is 0.202. The van der Waals surface area contributed by atoms with Crippen LogP contribution in [0.25, 0.3) is 4.85 Å². The van der Waals surface area contributed by atoms with Gasteiger partial charge in [0.25, 0.3) is 0 Å². The van der Waals surface area contributed by atoms with Gasteiger partial charge < -0.3 is 10.5 Å². The van der Waals surface area contributed by atoms with Crippen LogP contribution in [0, 0.1) is 6.57 Å². The summed E-state index contributed by atoms with van der Waals surface area (Å²) in [6.07, 6.45) is 3.70. The predicted molar refractivity (Wildman–Crippen MR) is 90.1 cm³/mol. The number of rotatable bonds is 4. The molecule has 0 amide bonds. The molecule has 2 rings (SSSR count). The van der Waals surface area contributed by atoms with Crippen molar-refractivity contribution in [1.29, 1.82) is 0 Å². The summed E-state index contributed by atoms with van der Waals surface area (Å²) in [5.74, 6) is 0.521. The normalized spacial score (nSPS) is 15.9. The van der Waals surface area contributed by atoms with E-state index in [0.29, 0.717) is 27.7 Å². The molecule has 1 aliphatic carbocycles. The van der Waals surface area contributed by atoms with Crippen LogP contribution in [0.4, 0.5) is 5.69 Å². The summed E-state index contributed by atoms with van der Waals surface area (Å²) in [5.41, 5.74) is 7.27. The maximum Gasteiger partial charge on any atom is 0.237 e. The highest BCUT2D eigenvalue weighted by molar-refractivity contribution is 14.1. The molecule has 6 heteroatoms. The van der Waals surface area contributed by atoms with Gasteiger partial charge in [-0.2, -0.15) is 0 Å². The number of nitrogens with zero attached hydrogens (tertiary/aromatic N) is 2. The Labute approximate surface area is 136 Å². The van der Waals surface area contributed by atoms with Crippen LogP contribution in [0.15, 0.2) is 26.9 Å². The maximum absolute atomic E-state index is 7.42. The molecule has 0 bridgehead atoms. The highest BCUT2D eigenvalue weighted by atomic mass is 127. The highest BCUT2D eigenvalue weighted by Gasteiger charge is 2.26. The van der Waals surface area contributed by atoms with E-state index in [2.05, 4.69) is 32.4 Å². The van der Waals surface area contributed by atoms with Gasteiger partial charge in [0.1, 0.15) is 5.75 Å². The van der Waals surface area contributed by atoms with Crippen molar-refractivity contribution in [2.45, 2.75) is 18.9 Å². The third-order valence-electron chi connectivity index (χ3n) is 2.82. The summed E-state index contributed by atoms with van der Waals surface area (Å²) in [5, 5.41) is 0.519.